The number of likely N-dealkylation sites (tertiary alicyclic amines) is 1. The Bertz CT molecular complexity index is 857. The van der Waals surface area contributed by atoms with Crippen molar-refractivity contribution in [2.24, 2.45) is 5.73 Å². The number of fused-ring (bicyclic) bond motifs is 1. The predicted molar refractivity (Wildman–Crippen MR) is 95.2 cm³/mol. The molecule has 2 aliphatic rings. The molecule has 0 radical (unpaired) electrons. The van der Waals surface area contributed by atoms with Gasteiger partial charge in [0.25, 0.3) is 0 Å². The van der Waals surface area contributed by atoms with E-state index in [9.17, 15) is 22.8 Å². The van der Waals surface area contributed by atoms with Crippen molar-refractivity contribution < 1.29 is 26.7 Å². The Kier molecular flexibility index (Phi) is 5.41. The standard InChI is InChI=1S/C17H22N4O5S/c18-15(23)4-1-5-16(24)21(8-6-13-17(21)14(22)10-20-13)27(25,26)11-12-3-2-7-19-9-12/h2-3,7,9,13,17,20H,1,4-6,8,10-11H2,(H-,18,23)/p+1. The lowest BCUT2D eigenvalue weighted by molar-refractivity contribution is -0.731. The average Bonchev–Trinajstić information content (AvgIpc) is 3.17. The lowest BCUT2D eigenvalue weighted by Crippen LogP contribution is -2.63. The summed E-state index contributed by atoms with van der Waals surface area (Å²) in [6.45, 7) is 0.110. The maximum Gasteiger partial charge on any atom is 0.329 e. The molecule has 0 saturated carbocycles. The summed E-state index contributed by atoms with van der Waals surface area (Å²) in [6.07, 6.45) is 3.43. The van der Waals surface area contributed by atoms with Crippen LogP contribution in [0.5, 0.6) is 0 Å². The fourth-order valence-corrected chi connectivity index (χ4v) is 6.30. The number of hydrogen-bond donors (Lipinski definition) is 2. The number of carbonyl (C=O) groups is 3. The highest BCUT2D eigenvalue weighted by atomic mass is 32.2. The zero-order valence-corrected chi connectivity index (χ0v) is 15.7. The minimum absolute atomic E-state index is 0.00527. The van der Waals surface area contributed by atoms with E-state index in [1.165, 1.54) is 12.4 Å². The van der Waals surface area contributed by atoms with Crippen molar-refractivity contribution in [2.75, 3.05) is 13.1 Å². The summed E-state index contributed by atoms with van der Waals surface area (Å²) in [7, 11) is -4.04. The number of Topliss-reactive ketones (excluding diaryl/α,β-unsaturated/α-hetero) is 1. The Morgan fingerprint density at radius 1 is 1.33 bits per heavy atom. The zero-order valence-electron chi connectivity index (χ0n) is 14.8. The van der Waals surface area contributed by atoms with Crippen LogP contribution in [0.1, 0.15) is 31.2 Å². The number of hydrogen-bond acceptors (Lipinski definition) is 7. The summed E-state index contributed by atoms with van der Waals surface area (Å²) < 4.78 is 25.9. The number of nitrogens with two attached hydrogens (primary N) is 1. The number of pyridine rings is 1. The summed E-state index contributed by atoms with van der Waals surface area (Å²) >= 11 is 0. The van der Waals surface area contributed by atoms with E-state index in [1.807, 2.05) is 0 Å². The second-order valence-corrected chi connectivity index (χ2v) is 9.11. The largest absolute Gasteiger partial charge is 0.370 e. The van der Waals surface area contributed by atoms with Crippen LogP contribution in [0.3, 0.4) is 0 Å². The van der Waals surface area contributed by atoms with Crippen LogP contribution < -0.4 is 11.1 Å². The van der Waals surface area contributed by atoms with Crippen molar-refractivity contribution >= 4 is 27.6 Å². The number of amides is 2. The fraction of sp³-hybridized carbons (Fsp3) is 0.529. The molecular formula is C17H23N4O5S+. The van der Waals surface area contributed by atoms with Crippen molar-refractivity contribution in [3.63, 3.8) is 0 Å². The van der Waals surface area contributed by atoms with E-state index in [2.05, 4.69) is 10.3 Å². The molecule has 9 nitrogen and oxygen atoms in total. The van der Waals surface area contributed by atoms with E-state index < -0.39 is 31.8 Å². The number of nitrogens with one attached hydrogen (secondary N) is 1. The van der Waals surface area contributed by atoms with Crippen LogP contribution in [0.4, 0.5) is 0 Å². The lowest BCUT2D eigenvalue weighted by atomic mass is 10.1. The lowest BCUT2D eigenvalue weighted by Gasteiger charge is -2.34. The average molecular weight is 395 g/mol. The smallest absolute Gasteiger partial charge is 0.329 e. The molecule has 2 saturated heterocycles. The Morgan fingerprint density at radius 2 is 2.11 bits per heavy atom. The predicted octanol–water partition coefficient (Wildman–Crippen LogP) is -0.776. The van der Waals surface area contributed by atoms with E-state index in [1.54, 1.807) is 12.1 Å². The quantitative estimate of drug-likeness (QED) is 0.578. The first kappa shape index (κ1) is 19.6. The summed E-state index contributed by atoms with van der Waals surface area (Å²) in [5, 5.41) is 3.02. The van der Waals surface area contributed by atoms with Crippen LogP contribution in [0.2, 0.25) is 0 Å². The Balaban J connectivity index is 1.96. The number of carbonyl (C=O) groups excluding carboxylic acids is 3. The van der Waals surface area contributed by atoms with Gasteiger partial charge in [-0.3, -0.25) is 14.6 Å². The molecule has 146 valence electrons. The van der Waals surface area contributed by atoms with Gasteiger partial charge in [-0.2, -0.15) is 8.42 Å². The van der Waals surface area contributed by atoms with E-state index in [4.69, 9.17) is 5.73 Å². The minimum Gasteiger partial charge on any atom is -0.370 e. The molecule has 1 aromatic heterocycles. The number of quaternary nitrogens is 1. The third kappa shape index (κ3) is 3.52. The van der Waals surface area contributed by atoms with Crippen molar-refractivity contribution in [2.45, 2.75) is 43.5 Å². The molecule has 0 aromatic carbocycles. The monoisotopic (exact) mass is 395 g/mol. The van der Waals surface area contributed by atoms with Crippen LogP contribution >= 0.6 is 0 Å². The molecule has 10 heteroatoms. The molecule has 0 spiro atoms. The van der Waals surface area contributed by atoms with Crippen molar-refractivity contribution in [3.05, 3.63) is 30.1 Å². The van der Waals surface area contributed by atoms with Gasteiger partial charge in [0.15, 0.2) is 6.04 Å². The van der Waals surface area contributed by atoms with Gasteiger partial charge in [-0.1, -0.05) is 6.07 Å². The molecule has 1 aromatic rings. The van der Waals surface area contributed by atoms with Gasteiger partial charge in [-0.25, -0.2) is 4.79 Å². The molecule has 2 aliphatic heterocycles. The van der Waals surface area contributed by atoms with Crippen LogP contribution in [0.25, 0.3) is 0 Å². The molecule has 3 heterocycles. The minimum atomic E-state index is -4.04. The molecular weight excluding hydrogens is 372 g/mol. The van der Waals surface area contributed by atoms with Gasteiger partial charge in [0.05, 0.1) is 19.0 Å². The number of nitrogens with zero attached hydrogens (tertiary/aromatic N) is 2. The Labute approximate surface area is 157 Å². The number of ketones is 1. The van der Waals surface area contributed by atoms with Crippen LogP contribution in [0, 0.1) is 0 Å². The van der Waals surface area contributed by atoms with E-state index in [0.717, 1.165) is 0 Å². The maximum atomic E-state index is 13.4. The van der Waals surface area contributed by atoms with Crippen LogP contribution in [0.15, 0.2) is 24.5 Å². The topological polar surface area (TPSA) is 136 Å². The Morgan fingerprint density at radius 3 is 2.78 bits per heavy atom. The van der Waals surface area contributed by atoms with Gasteiger partial charge in [-0.05, 0) is 18.1 Å². The van der Waals surface area contributed by atoms with E-state index in [-0.39, 0.29) is 49.9 Å². The number of primary amides is 1. The summed E-state index contributed by atoms with van der Waals surface area (Å²) in [5.41, 5.74) is 5.58. The first-order chi connectivity index (χ1) is 12.8. The molecule has 3 unspecified atom stereocenters. The van der Waals surface area contributed by atoms with Gasteiger partial charge in [0.1, 0.15) is 12.3 Å². The Hall–Kier alpha value is -2.17. The normalized spacial score (nSPS) is 27.5. The SMILES string of the molecule is NC(=O)CCCC(=O)[N+]1(S(=O)(=O)Cc2cccnc2)CCC2NCC(=O)C21. The third-order valence-electron chi connectivity index (χ3n) is 5.28. The highest BCUT2D eigenvalue weighted by molar-refractivity contribution is 7.85. The fourth-order valence-electron chi connectivity index (χ4n) is 4.08. The molecule has 3 atom stereocenters. The van der Waals surface area contributed by atoms with Crippen LogP contribution in [-0.2, 0) is 30.2 Å². The van der Waals surface area contributed by atoms with Crippen molar-refractivity contribution in [1.82, 2.24) is 10.3 Å². The summed E-state index contributed by atoms with van der Waals surface area (Å²) in [5.74, 6) is -1.75. The van der Waals surface area contributed by atoms with Gasteiger partial charge < -0.3 is 11.1 Å². The number of sulfonamides is 1. The van der Waals surface area contributed by atoms with Gasteiger partial charge >= 0.3 is 15.9 Å². The summed E-state index contributed by atoms with van der Waals surface area (Å²) in [6, 6.07) is 1.98. The molecule has 0 aliphatic carbocycles. The zero-order chi connectivity index (χ0) is 19.7. The van der Waals surface area contributed by atoms with E-state index in [0.29, 0.717) is 12.0 Å². The van der Waals surface area contributed by atoms with Crippen molar-refractivity contribution in [1.29, 1.82) is 0 Å². The van der Waals surface area contributed by atoms with Crippen molar-refractivity contribution in [3.8, 4) is 0 Å². The molecule has 2 amide bonds. The first-order valence-corrected chi connectivity index (χ1v) is 10.5. The highest BCUT2D eigenvalue weighted by Gasteiger charge is 2.65. The summed E-state index contributed by atoms with van der Waals surface area (Å²) in [4.78, 5) is 40.5. The highest BCUT2D eigenvalue weighted by Crippen LogP contribution is 2.38. The molecule has 3 N–H and O–H groups in total. The molecule has 2 fully saturated rings. The molecule has 0 bridgehead atoms. The molecule has 27 heavy (non-hydrogen) atoms. The van der Waals surface area contributed by atoms with Gasteiger partial charge in [0.2, 0.25) is 11.7 Å². The second kappa shape index (κ2) is 7.45. The van der Waals surface area contributed by atoms with E-state index >= 15 is 0 Å². The number of rotatable bonds is 7. The number of aromatic nitrogens is 1. The van der Waals surface area contributed by atoms with Crippen LogP contribution in [-0.4, -0.2) is 60.1 Å². The van der Waals surface area contributed by atoms with Gasteiger partial charge in [-0.15, -0.1) is 3.89 Å². The third-order valence-corrected chi connectivity index (χ3v) is 7.58. The maximum absolute atomic E-state index is 13.4. The second-order valence-electron chi connectivity index (χ2n) is 7.01. The first-order valence-electron chi connectivity index (χ1n) is 8.85. The van der Waals surface area contributed by atoms with Gasteiger partial charge in [0, 0.05) is 25.2 Å². The molecule has 3 rings (SSSR count).